The number of rotatable bonds is 3. The van der Waals surface area contributed by atoms with E-state index >= 15 is 0 Å². The summed E-state index contributed by atoms with van der Waals surface area (Å²) in [6.07, 6.45) is 1.53. The standard InChI is InChI=1S/C15H12N2O3/c1-19-14-7-6-11(9-16-14)17-15(18)13-8-10-4-2-3-5-12(10)20-13/h2-9H,1H3,(H,17,18). The summed E-state index contributed by atoms with van der Waals surface area (Å²) in [6, 6.07) is 12.6. The molecular formula is C15H12N2O3. The Morgan fingerprint density at radius 2 is 2.10 bits per heavy atom. The Labute approximate surface area is 115 Å². The predicted molar refractivity (Wildman–Crippen MR) is 75.0 cm³/mol. The predicted octanol–water partition coefficient (Wildman–Crippen LogP) is 3.09. The number of hydrogen-bond acceptors (Lipinski definition) is 4. The zero-order valence-corrected chi connectivity index (χ0v) is 10.8. The van der Waals surface area contributed by atoms with Gasteiger partial charge in [-0.25, -0.2) is 4.98 Å². The molecule has 0 aliphatic carbocycles. The van der Waals surface area contributed by atoms with Crippen LogP contribution in [0.5, 0.6) is 5.88 Å². The molecule has 0 radical (unpaired) electrons. The van der Waals surface area contributed by atoms with Crippen molar-refractivity contribution in [2.75, 3.05) is 12.4 Å². The van der Waals surface area contributed by atoms with Gasteiger partial charge in [0.15, 0.2) is 5.76 Å². The van der Waals surface area contributed by atoms with Crippen molar-refractivity contribution in [3.63, 3.8) is 0 Å². The molecule has 0 aliphatic heterocycles. The number of methoxy groups -OCH3 is 1. The van der Waals surface area contributed by atoms with E-state index in [9.17, 15) is 4.79 Å². The van der Waals surface area contributed by atoms with Gasteiger partial charge < -0.3 is 14.5 Å². The highest BCUT2D eigenvalue weighted by molar-refractivity contribution is 6.04. The lowest BCUT2D eigenvalue weighted by molar-refractivity contribution is 0.0998. The number of aromatic nitrogens is 1. The molecule has 20 heavy (non-hydrogen) atoms. The van der Waals surface area contributed by atoms with Crippen molar-refractivity contribution in [2.24, 2.45) is 0 Å². The van der Waals surface area contributed by atoms with Gasteiger partial charge >= 0.3 is 0 Å². The number of anilines is 1. The fourth-order valence-corrected chi connectivity index (χ4v) is 1.86. The number of carbonyl (C=O) groups excluding carboxylic acids is 1. The molecule has 2 heterocycles. The molecule has 3 rings (SSSR count). The Morgan fingerprint density at radius 3 is 2.80 bits per heavy atom. The van der Waals surface area contributed by atoms with Crippen molar-refractivity contribution in [3.8, 4) is 5.88 Å². The third kappa shape index (κ3) is 2.33. The van der Waals surface area contributed by atoms with Gasteiger partial charge in [0, 0.05) is 11.5 Å². The van der Waals surface area contributed by atoms with Crippen LogP contribution in [-0.4, -0.2) is 18.0 Å². The Morgan fingerprint density at radius 1 is 1.25 bits per heavy atom. The third-order valence-corrected chi connectivity index (χ3v) is 2.85. The third-order valence-electron chi connectivity index (χ3n) is 2.85. The summed E-state index contributed by atoms with van der Waals surface area (Å²) < 4.78 is 10.4. The first-order chi connectivity index (χ1) is 9.76. The van der Waals surface area contributed by atoms with E-state index in [1.165, 1.54) is 13.3 Å². The normalized spacial score (nSPS) is 10.4. The number of benzene rings is 1. The van der Waals surface area contributed by atoms with Crippen molar-refractivity contribution < 1.29 is 13.9 Å². The quantitative estimate of drug-likeness (QED) is 0.792. The van der Waals surface area contributed by atoms with Crippen molar-refractivity contribution in [2.45, 2.75) is 0 Å². The molecule has 0 saturated heterocycles. The Balaban J connectivity index is 1.81. The second kappa shape index (κ2) is 5.05. The molecule has 100 valence electrons. The minimum Gasteiger partial charge on any atom is -0.481 e. The SMILES string of the molecule is COc1ccc(NC(=O)c2cc3ccccc3o2)cn1. The number of nitrogens with zero attached hydrogens (tertiary/aromatic N) is 1. The minimum absolute atomic E-state index is 0.266. The van der Waals surface area contributed by atoms with E-state index in [1.807, 2.05) is 24.3 Å². The first kappa shape index (κ1) is 12.2. The maximum Gasteiger partial charge on any atom is 0.291 e. The van der Waals surface area contributed by atoms with Crippen LogP contribution in [0.1, 0.15) is 10.6 Å². The summed E-state index contributed by atoms with van der Waals surface area (Å²) in [4.78, 5) is 16.1. The lowest BCUT2D eigenvalue weighted by Crippen LogP contribution is -2.10. The van der Waals surface area contributed by atoms with E-state index in [2.05, 4.69) is 10.3 Å². The Hall–Kier alpha value is -2.82. The first-order valence-electron chi connectivity index (χ1n) is 6.06. The smallest absolute Gasteiger partial charge is 0.291 e. The second-order valence-corrected chi connectivity index (χ2v) is 4.19. The first-order valence-corrected chi connectivity index (χ1v) is 6.06. The molecule has 1 N–H and O–H groups in total. The number of hydrogen-bond donors (Lipinski definition) is 1. The fourth-order valence-electron chi connectivity index (χ4n) is 1.86. The number of carbonyl (C=O) groups is 1. The number of amides is 1. The van der Waals surface area contributed by atoms with E-state index in [0.29, 0.717) is 17.2 Å². The van der Waals surface area contributed by atoms with E-state index in [4.69, 9.17) is 9.15 Å². The van der Waals surface area contributed by atoms with Gasteiger partial charge in [0.25, 0.3) is 5.91 Å². The summed E-state index contributed by atoms with van der Waals surface area (Å²) in [5, 5.41) is 3.61. The van der Waals surface area contributed by atoms with Gasteiger partial charge in [-0.2, -0.15) is 0 Å². The van der Waals surface area contributed by atoms with Crippen LogP contribution in [0.3, 0.4) is 0 Å². The number of pyridine rings is 1. The number of fused-ring (bicyclic) bond motifs is 1. The van der Waals surface area contributed by atoms with Crippen LogP contribution < -0.4 is 10.1 Å². The zero-order valence-electron chi connectivity index (χ0n) is 10.8. The summed E-state index contributed by atoms with van der Waals surface area (Å²) in [7, 11) is 1.54. The second-order valence-electron chi connectivity index (χ2n) is 4.19. The van der Waals surface area contributed by atoms with Crippen molar-refractivity contribution >= 4 is 22.6 Å². The summed E-state index contributed by atoms with van der Waals surface area (Å²) >= 11 is 0. The molecule has 3 aromatic rings. The van der Waals surface area contributed by atoms with Gasteiger partial charge in [0.05, 0.1) is 19.0 Å². The van der Waals surface area contributed by atoms with Crippen molar-refractivity contribution in [1.29, 1.82) is 0 Å². The summed E-state index contributed by atoms with van der Waals surface area (Å²) in [5.74, 6) is 0.446. The van der Waals surface area contributed by atoms with E-state index in [-0.39, 0.29) is 11.7 Å². The maximum absolute atomic E-state index is 12.1. The van der Waals surface area contributed by atoms with Crippen LogP contribution in [0.4, 0.5) is 5.69 Å². The molecular weight excluding hydrogens is 256 g/mol. The molecule has 5 nitrogen and oxygen atoms in total. The molecule has 2 aromatic heterocycles. The van der Waals surface area contributed by atoms with E-state index in [0.717, 1.165) is 5.39 Å². The molecule has 1 aromatic carbocycles. The number of para-hydroxylation sites is 1. The van der Waals surface area contributed by atoms with Gasteiger partial charge in [-0.1, -0.05) is 18.2 Å². The number of furan rings is 1. The van der Waals surface area contributed by atoms with Crippen LogP contribution in [0.2, 0.25) is 0 Å². The zero-order chi connectivity index (χ0) is 13.9. The maximum atomic E-state index is 12.1. The highest BCUT2D eigenvalue weighted by atomic mass is 16.5. The largest absolute Gasteiger partial charge is 0.481 e. The van der Waals surface area contributed by atoms with Crippen molar-refractivity contribution in [3.05, 3.63) is 54.4 Å². The molecule has 0 aliphatic rings. The summed E-state index contributed by atoms with van der Waals surface area (Å²) in [6.45, 7) is 0. The molecule has 0 fully saturated rings. The Kier molecular flexibility index (Phi) is 3.09. The Bertz CT molecular complexity index is 714. The van der Waals surface area contributed by atoms with Crippen LogP contribution in [0.25, 0.3) is 11.0 Å². The minimum atomic E-state index is -0.312. The van der Waals surface area contributed by atoms with Crippen LogP contribution >= 0.6 is 0 Å². The van der Waals surface area contributed by atoms with Crippen LogP contribution in [-0.2, 0) is 0 Å². The van der Waals surface area contributed by atoms with Gasteiger partial charge in [0.2, 0.25) is 5.88 Å². The van der Waals surface area contributed by atoms with Crippen LogP contribution in [0.15, 0.2) is 53.1 Å². The molecule has 0 bridgehead atoms. The van der Waals surface area contributed by atoms with E-state index in [1.54, 1.807) is 18.2 Å². The fraction of sp³-hybridized carbons (Fsp3) is 0.0667. The number of ether oxygens (including phenoxy) is 1. The van der Waals surface area contributed by atoms with Gasteiger partial charge in [-0.05, 0) is 18.2 Å². The topological polar surface area (TPSA) is 64.4 Å². The molecule has 1 amide bonds. The van der Waals surface area contributed by atoms with Gasteiger partial charge in [-0.15, -0.1) is 0 Å². The molecule has 5 heteroatoms. The average molecular weight is 268 g/mol. The molecule has 0 atom stereocenters. The lowest BCUT2D eigenvalue weighted by Gasteiger charge is -2.03. The highest BCUT2D eigenvalue weighted by Crippen LogP contribution is 2.20. The number of nitrogens with one attached hydrogen (secondary N) is 1. The van der Waals surface area contributed by atoms with Gasteiger partial charge in [0.1, 0.15) is 5.58 Å². The van der Waals surface area contributed by atoms with Crippen LogP contribution in [0, 0.1) is 0 Å². The van der Waals surface area contributed by atoms with E-state index < -0.39 is 0 Å². The summed E-state index contributed by atoms with van der Waals surface area (Å²) in [5.41, 5.74) is 1.27. The van der Waals surface area contributed by atoms with Gasteiger partial charge in [-0.3, -0.25) is 4.79 Å². The molecule has 0 saturated carbocycles. The lowest BCUT2D eigenvalue weighted by atomic mass is 10.2. The monoisotopic (exact) mass is 268 g/mol. The highest BCUT2D eigenvalue weighted by Gasteiger charge is 2.12. The van der Waals surface area contributed by atoms with Crippen molar-refractivity contribution in [1.82, 2.24) is 4.98 Å². The average Bonchev–Trinajstić information content (AvgIpc) is 2.92. The molecule has 0 spiro atoms. The molecule has 0 unspecified atom stereocenters.